The fourth-order valence-corrected chi connectivity index (χ4v) is 2.04. The van der Waals surface area contributed by atoms with Crippen molar-refractivity contribution >= 4 is 21.7 Å². The fourth-order valence-electron chi connectivity index (χ4n) is 1.81. The zero-order valence-electron chi connectivity index (χ0n) is 9.63. The predicted molar refractivity (Wildman–Crippen MR) is 69.1 cm³/mol. The summed E-state index contributed by atoms with van der Waals surface area (Å²) in [5.41, 5.74) is 0. The number of hydrogen-bond donors (Lipinski definition) is 1. The highest BCUT2D eigenvalue weighted by atomic mass is 79.9. The van der Waals surface area contributed by atoms with Gasteiger partial charge in [-0.1, -0.05) is 26.7 Å². The van der Waals surface area contributed by atoms with Crippen molar-refractivity contribution in [3.05, 3.63) is 22.8 Å². The number of aromatic nitrogens is 1. The van der Waals surface area contributed by atoms with Crippen LogP contribution in [0, 0.1) is 5.92 Å². The third-order valence-corrected chi connectivity index (χ3v) is 3.33. The highest BCUT2D eigenvalue weighted by Gasteiger charge is 2.13. The number of halogens is 1. The van der Waals surface area contributed by atoms with E-state index < -0.39 is 0 Å². The van der Waals surface area contributed by atoms with Crippen LogP contribution < -0.4 is 5.32 Å². The van der Waals surface area contributed by atoms with Gasteiger partial charge in [0.1, 0.15) is 5.82 Å². The highest BCUT2D eigenvalue weighted by molar-refractivity contribution is 9.10. The zero-order valence-corrected chi connectivity index (χ0v) is 11.2. The van der Waals surface area contributed by atoms with Crippen LogP contribution >= 0.6 is 15.9 Å². The zero-order chi connectivity index (χ0) is 11.3. The number of nitrogens with one attached hydrogen (secondary N) is 1. The van der Waals surface area contributed by atoms with Gasteiger partial charge >= 0.3 is 0 Å². The molecule has 84 valence electrons. The Balaban J connectivity index is 2.57. The van der Waals surface area contributed by atoms with Gasteiger partial charge in [0.15, 0.2) is 0 Å². The van der Waals surface area contributed by atoms with Gasteiger partial charge < -0.3 is 5.32 Å². The molecule has 1 atom stereocenters. The number of nitrogens with zero attached hydrogens (tertiary/aromatic N) is 1. The van der Waals surface area contributed by atoms with Crippen molar-refractivity contribution in [2.45, 2.75) is 39.7 Å². The van der Waals surface area contributed by atoms with E-state index in [0.717, 1.165) is 16.2 Å². The second-order valence-electron chi connectivity index (χ2n) is 3.87. The second kappa shape index (κ2) is 6.11. The van der Waals surface area contributed by atoms with Gasteiger partial charge in [-0.2, -0.15) is 0 Å². The topological polar surface area (TPSA) is 24.9 Å². The normalized spacial score (nSPS) is 12.9. The molecule has 0 saturated carbocycles. The summed E-state index contributed by atoms with van der Waals surface area (Å²) >= 11 is 3.38. The minimum absolute atomic E-state index is 0.480. The number of rotatable bonds is 5. The lowest BCUT2D eigenvalue weighted by Gasteiger charge is -2.22. The molecule has 0 aliphatic carbocycles. The molecule has 1 heterocycles. The molecule has 0 spiro atoms. The third-order valence-electron chi connectivity index (χ3n) is 2.86. The molecular formula is C12H19BrN2. The number of anilines is 1. The van der Waals surface area contributed by atoms with E-state index in [2.05, 4.69) is 47.0 Å². The highest BCUT2D eigenvalue weighted by Crippen LogP contribution is 2.17. The maximum atomic E-state index is 4.31. The monoisotopic (exact) mass is 270 g/mol. The average molecular weight is 271 g/mol. The van der Waals surface area contributed by atoms with E-state index in [1.165, 1.54) is 12.8 Å². The number of pyridine rings is 1. The first-order valence-corrected chi connectivity index (χ1v) is 6.34. The van der Waals surface area contributed by atoms with Crippen LogP contribution in [-0.4, -0.2) is 11.0 Å². The van der Waals surface area contributed by atoms with Gasteiger partial charge in [0.05, 0.1) is 0 Å². The Morgan fingerprint density at radius 3 is 2.47 bits per heavy atom. The molecule has 3 heteroatoms. The van der Waals surface area contributed by atoms with Crippen LogP contribution in [0.4, 0.5) is 5.82 Å². The lowest BCUT2D eigenvalue weighted by molar-refractivity contribution is 0.437. The third kappa shape index (κ3) is 3.82. The molecular weight excluding hydrogens is 252 g/mol. The Kier molecular flexibility index (Phi) is 5.09. The van der Waals surface area contributed by atoms with Crippen LogP contribution in [0.5, 0.6) is 0 Å². The summed E-state index contributed by atoms with van der Waals surface area (Å²) in [4.78, 5) is 4.31. The Bertz CT molecular complexity index is 280. The maximum absolute atomic E-state index is 4.31. The molecule has 1 unspecified atom stereocenters. The van der Waals surface area contributed by atoms with Gasteiger partial charge in [0.25, 0.3) is 0 Å². The molecule has 0 saturated heterocycles. The summed E-state index contributed by atoms with van der Waals surface area (Å²) in [6, 6.07) is 4.49. The molecule has 0 aliphatic rings. The average Bonchev–Trinajstić information content (AvgIpc) is 2.23. The molecule has 2 nitrogen and oxygen atoms in total. The molecule has 0 aliphatic heterocycles. The largest absolute Gasteiger partial charge is 0.367 e. The van der Waals surface area contributed by atoms with Crippen LogP contribution in [0.15, 0.2) is 22.8 Å². The van der Waals surface area contributed by atoms with E-state index in [1.807, 2.05) is 18.3 Å². The Labute approximate surface area is 101 Å². The molecule has 0 amide bonds. The van der Waals surface area contributed by atoms with Crippen molar-refractivity contribution < 1.29 is 0 Å². The van der Waals surface area contributed by atoms with Crippen molar-refractivity contribution in [2.24, 2.45) is 5.92 Å². The van der Waals surface area contributed by atoms with Crippen LogP contribution in [0.3, 0.4) is 0 Å². The molecule has 0 radical (unpaired) electrons. The van der Waals surface area contributed by atoms with Crippen LogP contribution in [0.2, 0.25) is 0 Å². The van der Waals surface area contributed by atoms with E-state index in [4.69, 9.17) is 0 Å². The molecule has 0 fully saturated rings. The quantitative estimate of drug-likeness (QED) is 0.872. The lowest BCUT2D eigenvalue weighted by Crippen LogP contribution is -2.25. The maximum Gasteiger partial charge on any atom is 0.126 e. The molecule has 0 aromatic carbocycles. The van der Waals surface area contributed by atoms with Gasteiger partial charge in [-0.3, -0.25) is 0 Å². The van der Waals surface area contributed by atoms with E-state index in [1.54, 1.807) is 0 Å². The van der Waals surface area contributed by atoms with Gasteiger partial charge in [-0.05, 0) is 40.9 Å². The van der Waals surface area contributed by atoms with Crippen molar-refractivity contribution in [3.63, 3.8) is 0 Å². The Morgan fingerprint density at radius 1 is 1.33 bits per heavy atom. The first-order valence-electron chi connectivity index (χ1n) is 5.55. The van der Waals surface area contributed by atoms with E-state index in [-0.39, 0.29) is 0 Å². The van der Waals surface area contributed by atoms with Crippen molar-refractivity contribution in [2.75, 3.05) is 5.32 Å². The molecule has 1 N–H and O–H groups in total. The van der Waals surface area contributed by atoms with Gasteiger partial charge in [-0.15, -0.1) is 0 Å². The van der Waals surface area contributed by atoms with Crippen molar-refractivity contribution in [1.82, 2.24) is 4.98 Å². The van der Waals surface area contributed by atoms with E-state index in [0.29, 0.717) is 6.04 Å². The Morgan fingerprint density at radius 2 is 2.00 bits per heavy atom. The van der Waals surface area contributed by atoms with E-state index >= 15 is 0 Å². The SMILES string of the molecule is CCC(CC)C(C)Nc1ccc(Br)cn1. The van der Waals surface area contributed by atoms with Crippen molar-refractivity contribution in [3.8, 4) is 0 Å². The lowest BCUT2D eigenvalue weighted by atomic mass is 9.95. The summed E-state index contributed by atoms with van der Waals surface area (Å²) in [6.45, 7) is 6.70. The molecule has 1 aromatic heterocycles. The van der Waals surface area contributed by atoms with Crippen LogP contribution in [0.25, 0.3) is 0 Å². The van der Waals surface area contributed by atoms with Crippen LogP contribution in [0.1, 0.15) is 33.6 Å². The second-order valence-corrected chi connectivity index (χ2v) is 4.79. The molecule has 1 aromatic rings. The van der Waals surface area contributed by atoms with Gasteiger partial charge in [0.2, 0.25) is 0 Å². The smallest absolute Gasteiger partial charge is 0.126 e. The minimum atomic E-state index is 0.480. The first-order chi connectivity index (χ1) is 7.17. The van der Waals surface area contributed by atoms with Gasteiger partial charge in [0, 0.05) is 16.7 Å². The Hall–Kier alpha value is -0.570. The fraction of sp³-hybridized carbons (Fsp3) is 0.583. The molecule has 1 rings (SSSR count). The summed E-state index contributed by atoms with van der Waals surface area (Å²) in [6.07, 6.45) is 4.24. The molecule has 15 heavy (non-hydrogen) atoms. The summed E-state index contributed by atoms with van der Waals surface area (Å²) < 4.78 is 1.02. The molecule has 0 bridgehead atoms. The number of hydrogen-bond acceptors (Lipinski definition) is 2. The summed E-state index contributed by atoms with van der Waals surface area (Å²) in [5, 5.41) is 3.44. The van der Waals surface area contributed by atoms with Crippen molar-refractivity contribution in [1.29, 1.82) is 0 Å². The van der Waals surface area contributed by atoms with Crippen LogP contribution in [-0.2, 0) is 0 Å². The first kappa shape index (κ1) is 12.5. The predicted octanol–water partition coefficient (Wildman–Crippen LogP) is 4.08. The summed E-state index contributed by atoms with van der Waals surface area (Å²) in [5.74, 6) is 1.67. The standard InChI is InChI=1S/C12H19BrN2/c1-4-10(5-2)9(3)15-12-7-6-11(13)8-14-12/h6-10H,4-5H2,1-3H3,(H,14,15). The van der Waals surface area contributed by atoms with Gasteiger partial charge in [-0.25, -0.2) is 4.98 Å². The summed E-state index contributed by atoms with van der Waals surface area (Å²) in [7, 11) is 0. The minimum Gasteiger partial charge on any atom is -0.367 e. The van der Waals surface area contributed by atoms with E-state index in [9.17, 15) is 0 Å².